The van der Waals surface area contributed by atoms with Crippen molar-refractivity contribution in [1.29, 1.82) is 0 Å². The second-order valence-electron chi connectivity index (χ2n) is 8.59. The van der Waals surface area contributed by atoms with E-state index in [1.807, 2.05) is 61.5 Å². The number of hydrogen-bond acceptors (Lipinski definition) is 6. The van der Waals surface area contributed by atoms with Gasteiger partial charge in [0.1, 0.15) is 0 Å². The summed E-state index contributed by atoms with van der Waals surface area (Å²) in [6.07, 6.45) is 2.89. The maximum atomic E-state index is 13.4. The first-order chi connectivity index (χ1) is 18.0. The minimum Gasteiger partial charge on any atom is -0.493 e. The van der Waals surface area contributed by atoms with Crippen molar-refractivity contribution >= 4 is 22.4 Å². The highest BCUT2D eigenvalue weighted by molar-refractivity contribution is 5.97. The molecule has 0 fully saturated rings. The number of methoxy groups -OCH3 is 4. The van der Waals surface area contributed by atoms with Gasteiger partial charge in [-0.25, -0.2) is 0 Å². The summed E-state index contributed by atoms with van der Waals surface area (Å²) in [4.78, 5) is 18.1. The Morgan fingerprint density at radius 1 is 0.838 bits per heavy atom. The van der Waals surface area contributed by atoms with Gasteiger partial charge in [0.05, 0.1) is 40.1 Å². The molecule has 0 aliphatic carbocycles. The Bertz CT molecular complexity index is 1390. The Labute approximate surface area is 217 Å². The Morgan fingerprint density at radius 2 is 1.46 bits per heavy atom. The number of fused-ring (bicyclic) bond motifs is 1. The molecule has 0 saturated heterocycles. The van der Waals surface area contributed by atoms with Gasteiger partial charge in [-0.15, -0.1) is 0 Å². The van der Waals surface area contributed by atoms with E-state index in [0.717, 1.165) is 27.6 Å². The highest BCUT2D eigenvalue weighted by Gasteiger charge is 2.22. The monoisotopic (exact) mass is 500 g/mol. The lowest BCUT2D eigenvalue weighted by atomic mass is 9.95. The fourth-order valence-corrected chi connectivity index (χ4v) is 4.54. The van der Waals surface area contributed by atoms with E-state index in [1.165, 1.54) is 0 Å². The molecule has 1 heterocycles. The van der Waals surface area contributed by atoms with E-state index in [9.17, 15) is 4.79 Å². The molecule has 7 heteroatoms. The molecule has 0 spiro atoms. The number of benzene rings is 3. The van der Waals surface area contributed by atoms with Crippen LogP contribution in [0.2, 0.25) is 0 Å². The highest BCUT2D eigenvalue weighted by atomic mass is 16.5. The molecule has 0 aliphatic rings. The molecule has 1 aromatic heterocycles. The van der Waals surface area contributed by atoms with Gasteiger partial charge in [0.25, 0.3) is 0 Å². The number of hydrogen-bond donors (Lipinski definition) is 1. The van der Waals surface area contributed by atoms with Gasteiger partial charge >= 0.3 is 0 Å². The number of aromatic nitrogens is 1. The van der Waals surface area contributed by atoms with Gasteiger partial charge in [-0.05, 0) is 47.2 Å². The SMILES string of the molecule is CC[C@H](C(=O)Nc1cc(OC)c(OC)cc1Cc1nccc2cc(OC)c(OC)cc12)c1ccccc1. The van der Waals surface area contributed by atoms with Crippen molar-refractivity contribution in [2.24, 2.45) is 0 Å². The lowest BCUT2D eigenvalue weighted by Crippen LogP contribution is -2.21. The third-order valence-corrected chi connectivity index (χ3v) is 6.50. The summed E-state index contributed by atoms with van der Waals surface area (Å²) in [5, 5.41) is 5.06. The van der Waals surface area contributed by atoms with Crippen molar-refractivity contribution in [2.75, 3.05) is 33.8 Å². The molecule has 37 heavy (non-hydrogen) atoms. The second-order valence-corrected chi connectivity index (χ2v) is 8.59. The number of nitrogens with one attached hydrogen (secondary N) is 1. The summed E-state index contributed by atoms with van der Waals surface area (Å²) in [6.45, 7) is 2.01. The van der Waals surface area contributed by atoms with E-state index in [-0.39, 0.29) is 11.8 Å². The summed E-state index contributed by atoms with van der Waals surface area (Å²) in [7, 11) is 6.39. The molecule has 4 rings (SSSR count). The number of anilines is 1. The average Bonchev–Trinajstić information content (AvgIpc) is 2.93. The molecule has 0 radical (unpaired) electrons. The zero-order valence-corrected chi connectivity index (χ0v) is 21.8. The number of amides is 1. The van der Waals surface area contributed by atoms with Crippen molar-refractivity contribution in [3.63, 3.8) is 0 Å². The normalized spacial score (nSPS) is 11.6. The van der Waals surface area contributed by atoms with Crippen LogP contribution in [0, 0.1) is 0 Å². The lowest BCUT2D eigenvalue weighted by molar-refractivity contribution is -0.117. The first-order valence-electron chi connectivity index (χ1n) is 12.1. The molecular formula is C30H32N2O5. The standard InChI is InChI=1S/C30H32N2O5/c1-6-22(19-10-8-7-9-11-19)30(33)32-24-18-29(37-5)27(35-3)16-21(24)14-25-23-17-28(36-4)26(34-2)15-20(23)12-13-31-25/h7-13,15-18,22H,6,14H2,1-5H3,(H,32,33)/t22-/m0/s1. The molecule has 1 amide bonds. The number of ether oxygens (including phenoxy) is 4. The average molecular weight is 501 g/mol. The van der Waals surface area contributed by atoms with Gasteiger partial charge in [0, 0.05) is 29.8 Å². The Kier molecular flexibility index (Phi) is 8.13. The maximum Gasteiger partial charge on any atom is 0.231 e. The molecule has 0 bridgehead atoms. The summed E-state index contributed by atoms with van der Waals surface area (Å²) < 4.78 is 22.1. The lowest BCUT2D eigenvalue weighted by Gasteiger charge is -2.20. The molecule has 1 atom stereocenters. The van der Waals surface area contributed by atoms with Crippen molar-refractivity contribution < 1.29 is 23.7 Å². The van der Waals surface area contributed by atoms with Crippen molar-refractivity contribution in [3.05, 3.63) is 83.7 Å². The minimum atomic E-state index is -0.283. The van der Waals surface area contributed by atoms with Crippen LogP contribution in [0.4, 0.5) is 5.69 Å². The Balaban J connectivity index is 1.76. The number of carbonyl (C=O) groups is 1. The molecule has 1 N–H and O–H groups in total. The van der Waals surface area contributed by atoms with Crippen LogP contribution in [-0.4, -0.2) is 39.3 Å². The number of carbonyl (C=O) groups excluding carboxylic acids is 1. The van der Waals surface area contributed by atoms with Gasteiger partial charge in [0.15, 0.2) is 23.0 Å². The van der Waals surface area contributed by atoms with Gasteiger partial charge in [-0.3, -0.25) is 9.78 Å². The van der Waals surface area contributed by atoms with Crippen molar-refractivity contribution in [3.8, 4) is 23.0 Å². The van der Waals surface area contributed by atoms with Crippen molar-refractivity contribution in [2.45, 2.75) is 25.7 Å². The Morgan fingerprint density at radius 3 is 2.11 bits per heavy atom. The third kappa shape index (κ3) is 5.45. The third-order valence-electron chi connectivity index (χ3n) is 6.50. The molecular weight excluding hydrogens is 468 g/mol. The summed E-state index contributed by atoms with van der Waals surface area (Å²) in [6, 6.07) is 19.3. The molecule has 0 unspecified atom stereocenters. The van der Waals surface area contributed by atoms with E-state index >= 15 is 0 Å². The van der Waals surface area contributed by atoms with Crippen LogP contribution in [0.25, 0.3) is 10.8 Å². The van der Waals surface area contributed by atoms with E-state index in [2.05, 4.69) is 10.3 Å². The smallest absolute Gasteiger partial charge is 0.231 e. The van der Waals surface area contributed by atoms with Crippen LogP contribution in [0.3, 0.4) is 0 Å². The largest absolute Gasteiger partial charge is 0.493 e. The van der Waals surface area contributed by atoms with Crippen LogP contribution in [0.1, 0.15) is 36.1 Å². The number of rotatable bonds is 10. The summed E-state index contributed by atoms with van der Waals surface area (Å²) >= 11 is 0. The predicted octanol–water partition coefficient (Wildman–Crippen LogP) is 5.99. The molecule has 0 aliphatic heterocycles. The molecule has 3 aromatic carbocycles. The van der Waals surface area contributed by atoms with Crippen molar-refractivity contribution in [1.82, 2.24) is 4.98 Å². The van der Waals surface area contributed by atoms with Crippen LogP contribution >= 0.6 is 0 Å². The first-order valence-corrected chi connectivity index (χ1v) is 12.1. The van der Waals surface area contributed by atoms with E-state index in [4.69, 9.17) is 18.9 Å². The zero-order valence-electron chi connectivity index (χ0n) is 21.8. The minimum absolute atomic E-state index is 0.0838. The van der Waals surface area contributed by atoms with Crippen LogP contribution < -0.4 is 24.3 Å². The van der Waals surface area contributed by atoms with Crippen LogP contribution in [0.15, 0.2) is 66.9 Å². The number of pyridine rings is 1. The van der Waals surface area contributed by atoms with Gasteiger partial charge in [-0.2, -0.15) is 0 Å². The topological polar surface area (TPSA) is 78.9 Å². The molecule has 0 saturated carbocycles. The summed E-state index contributed by atoms with van der Waals surface area (Å²) in [5.74, 6) is 2.02. The second kappa shape index (κ2) is 11.6. The fraction of sp³-hybridized carbons (Fsp3) is 0.267. The molecule has 192 valence electrons. The predicted molar refractivity (Wildman–Crippen MR) is 145 cm³/mol. The van der Waals surface area contributed by atoms with Crippen LogP contribution in [-0.2, 0) is 11.2 Å². The van der Waals surface area contributed by atoms with E-state index in [0.29, 0.717) is 41.5 Å². The Hall–Kier alpha value is -4.26. The van der Waals surface area contributed by atoms with Gasteiger partial charge in [-0.1, -0.05) is 37.3 Å². The zero-order chi connectivity index (χ0) is 26.4. The van der Waals surface area contributed by atoms with E-state index in [1.54, 1.807) is 40.7 Å². The summed E-state index contributed by atoms with van der Waals surface area (Å²) in [5.41, 5.74) is 3.30. The van der Waals surface area contributed by atoms with Gasteiger partial charge in [0.2, 0.25) is 5.91 Å². The first kappa shape index (κ1) is 25.8. The fourth-order valence-electron chi connectivity index (χ4n) is 4.54. The van der Waals surface area contributed by atoms with E-state index < -0.39 is 0 Å². The number of nitrogens with zero attached hydrogens (tertiary/aromatic N) is 1. The van der Waals surface area contributed by atoms with Gasteiger partial charge < -0.3 is 24.3 Å². The molecule has 7 nitrogen and oxygen atoms in total. The highest BCUT2D eigenvalue weighted by Crippen LogP contribution is 2.37. The maximum absolute atomic E-state index is 13.4. The molecule has 4 aromatic rings. The quantitative estimate of drug-likeness (QED) is 0.288. The van der Waals surface area contributed by atoms with Crippen LogP contribution in [0.5, 0.6) is 23.0 Å².